The zero-order valence-electron chi connectivity index (χ0n) is 36.8. The molecule has 0 aromatic rings. The van der Waals surface area contributed by atoms with E-state index in [1.54, 1.807) is 6.08 Å². The summed E-state index contributed by atoms with van der Waals surface area (Å²) in [7, 11) is 1.40. The van der Waals surface area contributed by atoms with Gasteiger partial charge < -0.3 is 18.9 Å². The van der Waals surface area contributed by atoms with E-state index in [1.165, 1.54) is 64.2 Å². The maximum Gasteiger partial charge on any atom is 0.472 e. The molecule has 1 unspecified atom stereocenters. The summed E-state index contributed by atoms with van der Waals surface area (Å²) in [6, 6.07) is 0. The second kappa shape index (κ2) is 37.9. The highest BCUT2D eigenvalue weighted by atomic mass is 31.2. The highest BCUT2D eigenvalue weighted by molar-refractivity contribution is 7.47. The number of rotatable bonds is 40. The number of hydrogen-bond donors (Lipinski definition) is 1. The van der Waals surface area contributed by atoms with Crippen LogP contribution in [-0.2, 0) is 37.5 Å². The van der Waals surface area contributed by atoms with E-state index < -0.39 is 32.5 Å². The lowest BCUT2D eigenvalue weighted by molar-refractivity contribution is -0.870. The fraction of sp³-hybridized carbons (Fsp3) is 0.761. The molecular formula is C46H83NO9P+. The summed E-state index contributed by atoms with van der Waals surface area (Å²) in [5.74, 6) is -0.776. The van der Waals surface area contributed by atoms with Gasteiger partial charge in [0.25, 0.3) is 0 Å². The van der Waals surface area contributed by atoms with Gasteiger partial charge in [-0.3, -0.25) is 23.4 Å². The number of likely N-dealkylation sites (N-methyl/N-ethyl adjacent to an activating group) is 1. The first kappa shape index (κ1) is 54.6. The molecule has 1 N–H and O–H groups in total. The van der Waals surface area contributed by atoms with Crippen molar-refractivity contribution < 1.29 is 46.8 Å². The van der Waals surface area contributed by atoms with Crippen LogP contribution >= 0.6 is 7.82 Å². The molecule has 10 nitrogen and oxygen atoms in total. The number of esters is 2. The Kier molecular flexibility index (Phi) is 36.3. The van der Waals surface area contributed by atoms with E-state index in [9.17, 15) is 23.8 Å². The number of carbonyl (C=O) groups is 3. The van der Waals surface area contributed by atoms with Crippen LogP contribution in [0.15, 0.2) is 48.6 Å². The molecule has 0 aliphatic heterocycles. The van der Waals surface area contributed by atoms with Crippen molar-refractivity contribution in [3.8, 4) is 0 Å². The summed E-state index contributed by atoms with van der Waals surface area (Å²) in [6.45, 7) is 4.19. The van der Waals surface area contributed by atoms with Crippen LogP contribution in [0, 0.1) is 0 Å². The monoisotopic (exact) mass is 825 g/mol. The lowest BCUT2D eigenvalue weighted by atomic mass is 10.1. The fourth-order valence-corrected chi connectivity index (χ4v) is 6.47. The van der Waals surface area contributed by atoms with Crippen LogP contribution in [0.2, 0.25) is 0 Å². The minimum absolute atomic E-state index is 0.00903. The molecule has 0 aliphatic carbocycles. The van der Waals surface area contributed by atoms with E-state index in [-0.39, 0.29) is 31.8 Å². The number of carbonyl (C=O) groups excluding carboxylic acids is 3. The summed E-state index contributed by atoms with van der Waals surface area (Å²) < 4.78 is 34.2. The Morgan fingerprint density at radius 3 is 1.68 bits per heavy atom. The molecule has 57 heavy (non-hydrogen) atoms. The van der Waals surface area contributed by atoms with Crippen LogP contribution in [-0.4, -0.2) is 80.7 Å². The third kappa shape index (κ3) is 41.6. The van der Waals surface area contributed by atoms with Crippen LogP contribution in [0.5, 0.6) is 0 Å². The summed E-state index contributed by atoms with van der Waals surface area (Å²) in [4.78, 5) is 47.4. The zero-order chi connectivity index (χ0) is 42.3. The van der Waals surface area contributed by atoms with Crippen molar-refractivity contribution in [1.29, 1.82) is 0 Å². The first-order chi connectivity index (χ1) is 27.4. The molecule has 0 rings (SSSR count). The highest BCUT2D eigenvalue weighted by Crippen LogP contribution is 2.43. The van der Waals surface area contributed by atoms with Gasteiger partial charge in [-0.1, -0.05) is 133 Å². The van der Waals surface area contributed by atoms with Gasteiger partial charge in [-0.2, -0.15) is 0 Å². The molecule has 0 aromatic heterocycles. The summed E-state index contributed by atoms with van der Waals surface area (Å²) in [6.07, 6.45) is 39.7. The molecule has 0 aromatic carbocycles. The van der Waals surface area contributed by atoms with Crippen molar-refractivity contribution >= 4 is 25.5 Å². The number of phosphoric acid groups is 1. The Morgan fingerprint density at radius 1 is 0.596 bits per heavy atom. The molecule has 0 saturated heterocycles. The van der Waals surface area contributed by atoms with E-state index in [1.807, 2.05) is 33.3 Å². The molecule has 0 spiro atoms. The van der Waals surface area contributed by atoms with Crippen LogP contribution in [0.1, 0.15) is 174 Å². The number of allylic oxidation sites excluding steroid dienone is 8. The average Bonchev–Trinajstić information content (AvgIpc) is 3.15. The van der Waals surface area contributed by atoms with Crippen molar-refractivity contribution in [1.82, 2.24) is 0 Å². The first-order valence-electron chi connectivity index (χ1n) is 22.3. The molecule has 0 heterocycles. The predicted octanol–water partition coefficient (Wildman–Crippen LogP) is 11.9. The minimum atomic E-state index is -4.41. The second-order valence-corrected chi connectivity index (χ2v) is 17.6. The molecule has 0 bridgehead atoms. The topological polar surface area (TPSA) is 125 Å². The Hall–Kier alpha value is -2.36. The van der Waals surface area contributed by atoms with Gasteiger partial charge in [0.15, 0.2) is 11.9 Å². The third-order valence-electron chi connectivity index (χ3n) is 9.31. The Labute approximate surface area is 348 Å². The number of quaternary nitrogens is 1. The molecule has 0 saturated carbocycles. The number of nitrogens with zero attached hydrogens (tertiary/aromatic N) is 1. The van der Waals surface area contributed by atoms with Crippen LogP contribution in [0.4, 0.5) is 0 Å². The Morgan fingerprint density at radius 2 is 1.11 bits per heavy atom. The van der Waals surface area contributed by atoms with Gasteiger partial charge in [0.1, 0.15) is 19.8 Å². The van der Waals surface area contributed by atoms with E-state index in [0.717, 1.165) is 64.2 Å². The maximum atomic E-state index is 12.7. The summed E-state index contributed by atoms with van der Waals surface area (Å²) >= 11 is 0. The van der Waals surface area contributed by atoms with Crippen molar-refractivity contribution in [2.24, 2.45) is 0 Å². The maximum absolute atomic E-state index is 12.7. The largest absolute Gasteiger partial charge is 0.472 e. The van der Waals surface area contributed by atoms with Crippen LogP contribution in [0.3, 0.4) is 0 Å². The Bertz CT molecular complexity index is 1170. The quantitative estimate of drug-likeness (QED) is 0.0122. The van der Waals surface area contributed by atoms with E-state index in [2.05, 4.69) is 44.2 Å². The standard InChI is InChI=1S/C46H82NO9P/c1-6-8-10-12-14-15-16-17-18-19-20-21-22-23-25-29-34-38-46(50)56-44(42-55-57(51,52)54-40-39-47(3,4)5)41-53-45(49)37-33-30-26-28-32-36-43(48)35-31-27-24-13-11-9-7-2/h14-15,17-18,24,27,31,35,44H,6-13,16,19-23,25-26,28-30,32-34,36-42H2,1-5H3/p+1/b15-14-,18-17-,27-24-,35-31+/t44-/m1/s1. The molecule has 330 valence electrons. The molecule has 2 atom stereocenters. The lowest BCUT2D eigenvalue weighted by Crippen LogP contribution is -2.37. The third-order valence-corrected chi connectivity index (χ3v) is 10.3. The van der Waals surface area contributed by atoms with Crippen molar-refractivity contribution in [3.63, 3.8) is 0 Å². The van der Waals surface area contributed by atoms with E-state index >= 15 is 0 Å². The zero-order valence-corrected chi connectivity index (χ0v) is 37.7. The van der Waals surface area contributed by atoms with Crippen LogP contribution in [0.25, 0.3) is 0 Å². The second-order valence-electron chi connectivity index (χ2n) is 16.1. The van der Waals surface area contributed by atoms with Gasteiger partial charge >= 0.3 is 19.8 Å². The van der Waals surface area contributed by atoms with Gasteiger partial charge in [-0.05, 0) is 70.3 Å². The van der Waals surface area contributed by atoms with Crippen molar-refractivity contribution in [3.05, 3.63) is 48.6 Å². The SMILES string of the molecule is CCCCC/C=C\C=C\C(=O)CCCCCCCC(=O)OC[C@H](COP(=O)(O)OCC[N+](C)(C)C)OC(=O)CCCCCCCCC/C=C\C/C=C\CCCCC. The summed E-state index contributed by atoms with van der Waals surface area (Å²) in [5.41, 5.74) is 0. The van der Waals surface area contributed by atoms with Gasteiger partial charge in [0.05, 0.1) is 27.7 Å². The van der Waals surface area contributed by atoms with E-state index in [4.69, 9.17) is 18.5 Å². The predicted molar refractivity (Wildman–Crippen MR) is 234 cm³/mol. The highest BCUT2D eigenvalue weighted by Gasteiger charge is 2.27. The Balaban J connectivity index is 4.45. The number of hydrogen-bond acceptors (Lipinski definition) is 8. The normalized spacial score (nSPS) is 13.9. The van der Waals surface area contributed by atoms with Gasteiger partial charge in [0, 0.05) is 19.3 Å². The van der Waals surface area contributed by atoms with Gasteiger partial charge in [-0.25, -0.2) is 4.57 Å². The number of ether oxygens (including phenoxy) is 2. The van der Waals surface area contributed by atoms with E-state index in [0.29, 0.717) is 30.3 Å². The van der Waals surface area contributed by atoms with Crippen molar-refractivity contribution in [2.75, 3.05) is 47.5 Å². The molecule has 0 aliphatic rings. The van der Waals surface area contributed by atoms with Gasteiger partial charge in [-0.15, -0.1) is 0 Å². The molecule has 11 heteroatoms. The summed E-state index contributed by atoms with van der Waals surface area (Å²) in [5, 5.41) is 0. The fourth-order valence-electron chi connectivity index (χ4n) is 5.73. The average molecular weight is 825 g/mol. The van der Waals surface area contributed by atoms with Crippen LogP contribution < -0.4 is 0 Å². The smallest absolute Gasteiger partial charge is 0.462 e. The molecule has 0 fully saturated rings. The first-order valence-corrected chi connectivity index (χ1v) is 23.8. The lowest BCUT2D eigenvalue weighted by Gasteiger charge is -2.24. The molecule has 0 amide bonds. The molecular weight excluding hydrogens is 741 g/mol. The minimum Gasteiger partial charge on any atom is -0.462 e. The van der Waals surface area contributed by atoms with Gasteiger partial charge in [0.2, 0.25) is 0 Å². The number of phosphoric ester groups is 1. The molecule has 0 radical (unpaired) electrons. The number of ketones is 1. The number of unbranched alkanes of at least 4 members (excludes halogenated alkanes) is 17. The van der Waals surface area contributed by atoms with Crippen molar-refractivity contribution in [2.45, 2.75) is 180 Å².